The van der Waals surface area contributed by atoms with Gasteiger partial charge in [0.2, 0.25) is 0 Å². The number of aliphatic hydroxyl groups excluding tert-OH is 1. The molecule has 0 spiro atoms. The molecule has 2 atom stereocenters. The molecule has 4 nitrogen and oxygen atoms in total. The molecule has 0 amide bonds. The van der Waals surface area contributed by atoms with Gasteiger partial charge in [-0.15, -0.1) is 0 Å². The minimum atomic E-state index is -0.215. The Morgan fingerprint density at radius 1 is 1.45 bits per heavy atom. The summed E-state index contributed by atoms with van der Waals surface area (Å²) in [6.07, 6.45) is 2.28. The summed E-state index contributed by atoms with van der Waals surface area (Å²) < 4.78 is 1.02. The van der Waals surface area contributed by atoms with Crippen LogP contribution in [0.15, 0.2) is 28.9 Å². The first kappa shape index (κ1) is 13.6. The van der Waals surface area contributed by atoms with Crippen molar-refractivity contribution in [3.63, 3.8) is 0 Å². The number of nitrogens with zero attached hydrogens (tertiary/aromatic N) is 2. The van der Waals surface area contributed by atoms with Crippen LogP contribution in [0.2, 0.25) is 0 Å². The van der Waals surface area contributed by atoms with Crippen molar-refractivity contribution in [2.24, 2.45) is 5.92 Å². The molecule has 0 aliphatic carbocycles. The first-order chi connectivity index (χ1) is 9.56. The number of rotatable bonds is 1. The minimum Gasteiger partial charge on any atom is -0.396 e. The number of aliphatic hydroxyl groups is 1. The first-order valence-corrected chi connectivity index (χ1v) is 7.62. The lowest BCUT2D eigenvalue weighted by molar-refractivity contribution is 0.0972. The van der Waals surface area contributed by atoms with E-state index in [0.29, 0.717) is 5.69 Å². The molecular weight excluding hydrogens is 318 g/mol. The SMILES string of the molecule is CC1CN(c2c(N)cnc3ccc(Br)cc23)CCC1O. The predicted molar refractivity (Wildman–Crippen MR) is 85.9 cm³/mol. The van der Waals surface area contributed by atoms with Crippen molar-refractivity contribution in [2.45, 2.75) is 19.4 Å². The van der Waals surface area contributed by atoms with Crippen LogP contribution in [0.4, 0.5) is 11.4 Å². The lowest BCUT2D eigenvalue weighted by atomic mass is 9.95. The summed E-state index contributed by atoms with van der Waals surface area (Å²) in [6, 6.07) is 6.03. The number of nitrogens with two attached hydrogens (primary N) is 1. The molecule has 20 heavy (non-hydrogen) atoms. The zero-order valence-electron chi connectivity index (χ0n) is 11.4. The molecule has 0 bridgehead atoms. The van der Waals surface area contributed by atoms with E-state index in [1.165, 1.54) is 0 Å². The van der Waals surface area contributed by atoms with Gasteiger partial charge in [-0.25, -0.2) is 0 Å². The summed E-state index contributed by atoms with van der Waals surface area (Å²) in [7, 11) is 0. The van der Waals surface area contributed by atoms with Gasteiger partial charge in [0.25, 0.3) is 0 Å². The smallest absolute Gasteiger partial charge is 0.0745 e. The van der Waals surface area contributed by atoms with Gasteiger partial charge in [-0.05, 0) is 30.5 Å². The number of piperidine rings is 1. The standard InChI is InChI=1S/C15H18BrN3O/c1-9-8-19(5-4-14(9)20)15-11-6-10(16)2-3-13(11)18-7-12(15)17/h2-3,6-7,9,14,20H,4-5,8,17H2,1H3. The Labute approximate surface area is 126 Å². The van der Waals surface area contributed by atoms with Crippen molar-refractivity contribution in [2.75, 3.05) is 23.7 Å². The predicted octanol–water partition coefficient (Wildman–Crippen LogP) is 2.79. The van der Waals surface area contributed by atoms with E-state index in [-0.39, 0.29) is 12.0 Å². The Hall–Kier alpha value is -1.33. The van der Waals surface area contributed by atoms with E-state index >= 15 is 0 Å². The molecule has 106 valence electrons. The van der Waals surface area contributed by atoms with Crippen LogP contribution in [-0.2, 0) is 0 Å². The lowest BCUT2D eigenvalue weighted by Crippen LogP contribution is -2.42. The second kappa shape index (κ2) is 5.22. The van der Waals surface area contributed by atoms with Gasteiger partial charge in [0, 0.05) is 22.9 Å². The van der Waals surface area contributed by atoms with E-state index in [0.717, 1.165) is 40.6 Å². The van der Waals surface area contributed by atoms with Crippen molar-refractivity contribution in [1.82, 2.24) is 4.98 Å². The topological polar surface area (TPSA) is 62.4 Å². The Bertz CT molecular complexity index is 641. The van der Waals surface area contributed by atoms with Gasteiger partial charge >= 0.3 is 0 Å². The van der Waals surface area contributed by atoms with Crippen LogP contribution in [0.25, 0.3) is 10.9 Å². The summed E-state index contributed by atoms with van der Waals surface area (Å²) in [5.41, 5.74) is 8.84. The molecule has 2 unspecified atom stereocenters. The van der Waals surface area contributed by atoms with Gasteiger partial charge in [0.05, 0.1) is 29.2 Å². The number of pyridine rings is 1. The molecule has 1 aromatic heterocycles. The first-order valence-electron chi connectivity index (χ1n) is 6.83. The largest absolute Gasteiger partial charge is 0.396 e. The zero-order chi connectivity index (χ0) is 14.3. The highest BCUT2D eigenvalue weighted by atomic mass is 79.9. The van der Waals surface area contributed by atoms with Crippen LogP contribution < -0.4 is 10.6 Å². The molecule has 3 rings (SSSR count). The maximum atomic E-state index is 9.89. The third-order valence-corrected chi connectivity index (χ3v) is 4.50. The van der Waals surface area contributed by atoms with Crippen LogP contribution in [0.5, 0.6) is 0 Å². The van der Waals surface area contributed by atoms with Crippen LogP contribution in [0, 0.1) is 5.92 Å². The fourth-order valence-electron chi connectivity index (χ4n) is 2.86. The zero-order valence-corrected chi connectivity index (χ0v) is 13.0. The molecule has 3 N–H and O–H groups in total. The van der Waals surface area contributed by atoms with E-state index in [1.54, 1.807) is 6.20 Å². The Kier molecular flexibility index (Phi) is 3.56. The minimum absolute atomic E-state index is 0.215. The van der Waals surface area contributed by atoms with Crippen molar-refractivity contribution >= 4 is 38.2 Å². The second-order valence-electron chi connectivity index (χ2n) is 5.50. The quantitative estimate of drug-likeness (QED) is 0.841. The number of aromatic nitrogens is 1. The Morgan fingerprint density at radius 3 is 3.00 bits per heavy atom. The second-order valence-corrected chi connectivity index (χ2v) is 6.42. The summed E-state index contributed by atoms with van der Waals surface area (Å²) in [5.74, 6) is 0.249. The molecule has 1 aliphatic rings. The maximum Gasteiger partial charge on any atom is 0.0745 e. The Morgan fingerprint density at radius 2 is 2.25 bits per heavy atom. The van der Waals surface area contributed by atoms with Gasteiger partial charge < -0.3 is 15.7 Å². The normalized spacial score (nSPS) is 23.2. The molecular formula is C15H18BrN3O. The summed E-state index contributed by atoms with van der Waals surface area (Å²) in [4.78, 5) is 6.66. The molecule has 1 fully saturated rings. The van der Waals surface area contributed by atoms with Gasteiger partial charge in [0.15, 0.2) is 0 Å². The summed E-state index contributed by atoms with van der Waals surface area (Å²) in [5, 5.41) is 10.9. The monoisotopic (exact) mass is 335 g/mol. The third kappa shape index (κ3) is 2.36. The van der Waals surface area contributed by atoms with Gasteiger partial charge in [-0.1, -0.05) is 22.9 Å². The van der Waals surface area contributed by atoms with Crippen LogP contribution in [0.1, 0.15) is 13.3 Å². The Balaban J connectivity index is 2.10. The average Bonchev–Trinajstić information content (AvgIpc) is 2.42. The van der Waals surface area contributed by atoms with Gasteiger partial charge in [0.1, 0.15) is 0 Å². The fourth-order valence-corrected chi connectivity index (χ4v) is 3.22. The summed E-state index contributed by atoms with van der Waals surface area (Å²) >= 11 is 3.51. The van der Waals surface area contributed by atoms with E-state index in [4.69, 9.17) is 5.73 Å². The summed E-state index contributed by atoms with van der Waals surface area (Å²) in [6.45, 7) is 3.71. The third-order valence-electron chi connectivity index (χ3n) is 4.01. The number of hydrogen-bond acceptors (Lipinski definition) is 4. The number of hydrogen-bond donors (Lipinski definition) is 2. The molecule has 2 heterocycles. The van der Waals surface area contributed by atoms with Crippen molar-refractivity contribution in [1.29, 1.82) is 0 Å². The molecule has 1 saturated heterocycles. The van der Waals surface area contributed by atoms with Crippen molar-refractivity contribution in [3.05, 3.63) is 28.9 Å². The maximum absolute atomic E-state index is 9.89. The lowest BCUT2D eigenvalue weighted by Gasteiger charge is -2.37. The average molecular weight is 336 g/mol. The van der Waals surface area contributed by atoms with Crippen LogP contribution in [0.3, 0.4) is 0 Å². The van der Waals surface area contributed by atoms with Crippen molar-refractivity contribution < 1.29 is 5.11 Å². The number of halogens is 1. The van der Waals surface area contributed by atoms with E-state index in [9.17, 15) is 5.11 Å². The van der Waals surface area contributed by atoms with Gasteiger partial charge in [-0.2, -0.15) is 0 Å². The fraction of sp³-hybridized carbons (Fsp3) is 0.400. The highest BCUT2D eigenvalue weighted by Gasteiger charge is 2.26. The number of anilines is 2. The number of nitrogen functional groups attached to an aromatic ring is 1. The van der Waals surface area contributed by atoms with E-state index < -0.39 is 0 Å². The van der Waals surface area contributed by atoms with Crippen molar-refractivity contribution in [3.8, 4) is 0 Å². The number of fused-ring (bicyclic) bond motifs is 1. The van der Waals surface area contributed by atoms with E-state index in [2.05, 4.69) is 38.8 Å². The molecule has 0 radical (unpaired) electrons. The van der Waals surface area contributed by atoms with E-state index in [1.807, 2.05) is 12.1 Å². The number of benzene rings is 1. The molecule has 5 heteroatoms. The molecule has 1 aromatic carbocycles. The molecule has 0 saturated carbocycles. The highest BCUT2D eigenvalue weighted by molar-refractivity contribution is 9.10. The van der Waals surface area contributed by atoms with Crippen LogP contribution >= 0.6 is 15.9 Å². The van der Waals surface area contributed by atoms with Crippen LogP contribution in [-0.4, -0.2) is 29.3 Å². The highest BCUT2D eigenvalue weighted by Crippen LogP contribution is 2.35. The molecule has 2 aromatic rings. The molecule has 1 aliphatic heterocycles. The van der Waals surface area contributed by atoms with Gasteiger partial charge in [-0.3, -0.25) is 4.98 Å².